The smallest absolute Gasteiger partial charge is 0.250 e. The maximum Gasteiger partial charge on any atom is 0.250 e. The molecule has 1 saturated heterocycles. The van der Waals surface area contributed by atoms with E-state index in [9.17, 15) is 9.59 Å². The van der Waals surface area contributed by atoms with Crippen LogP contribution in [0.25, 0.3) is 0 Å². The topological polar surface area (TPSA) is 63.6 Å². The quantitative estimate of drug-likeness (QED) is 0.819. The number of piperidine rings is 1. The highest BCUT2D eigenvalue weighted by atomic mass is 16.5. The monoisotopic (exact) mass is 421 g/mol. The zero-order valence-electron chi connectivity index (χ0n) is 18.2. The maximum absolute atomic E-state index is 13.7. The Hall–Kier alpha value is -2.60. The van der Waals surface area contributed by atoms with Gasteiger partial charge in [0.1, 0.15) is 11.3 Å². The van der Waals surface area contributed by atoms with Crippen LogP contribution in [0.5, 0.6) is 5.75 Å². The van der Waals surface area contributed by atoms with Crippen molar-refractivity contribution in [1.29, 1.82) is 0 Å². The molecule has 5 rings (SSSR count). The molecule has 164 valence electrons. The average molecular weight is 422 g/mol. The van der Waals surface area contributed by atoms with E-state index in [1.165, 1.54) is 6.42 Å². The van der Waals surface area contributed by atoms with Crippen molar-refractivity contribution >= 4 is 11.6 Å². The van der Waals surface area contributed by atoms with Crippen LogP contribution in [0, 0.1) is 5.92 Å². The molecule has 0 unspecified atom stereocenters. The molecule has 2 aliphatic heterocycles. The van der Waals surface area contributed by atoms with Crippen LogP contribution >= 0.6 is 0 Å². The molecule has 6 heteroatoms. The first-order valence-corrected chi connectivity index (χ1v) is 11.5. The van der Waals surface area contributed by atoms with Crippen molar-refractivity contribution in [3.05, 3.63) is 58.5 Å². The summed E-state index contributed by atoms with van der Waals surface area (Å²) in [5.74, 6) is 1.62. The molecule has 1 N–H and O–H groups in total. The molecule has 1 amide bonds. The Balaban J connectivity index is 1.42. The molecule has 1 saturated carbocycles. The molecule has 3 aliphatic rings. The summed E-state index contributed by atoms with van der Waals surface area (Å²) in [6.45, 7) is 2.49. The molecule has 0 radical (unpaired) electrons. The normalized spacial score (nSPS) is 24.8. The Bertz CT molecular complexity index is 1010. The molecule has 2 bridgehead atoms. The fourth-order valence-corrected chi connectivity index (χ4v) is 5.99. The van der Waals surface area contributed by atoms with Gasteiger partial charge in [-0.2, -0.15) is 0 Å². The Labute approximate surface area is 183 Å². The zero-order valence-corrected chi connectivity index (χ0v) is 18.2. The Morgan fingerprint density at radius 2 is 1.81 bits per heavy atom. The molecule has 1 aliphatic carbocycles. The summed E-state index contributed by atoms with van der Waals surface area (Å²) in [5.41, 5.74) is 1.58. The molecule has 2 fully saturated rings. The number of nitrogens with one attached hydrogen (secondary N) is 1. The predicted octanol–water partition coefficient (Wildman–Crippen LogP) is 3.62. The van der Waals surface area contributed by atoms with E-state index in [0.29, 0.717) is 11.8 Å². The fraction of sp³-hybridized carbons (Fsp3) is 0.520. The lowest BCUT2D eigenvalue weighted by Gasteiger charge is -2.52. The molecule has 1 aromatic heterocycles. The number of hydrogen-bond acceptors (Lipinski definition) is 4. The first kappa shape index (κ1) is 20.3. The van der Waals surface area contributed by atoms with Crippen LogP contribution < -0.4 is 15.6 Å². The van der Waals surface area contributed by atoms with E-state index in [1.54, 1.807) is 13.2 Å². The molecule has 0 spiro atoms. The van der Waals surface area contributed by atoms with Crippen LogP contribution in [0.1, 0.15) is 50.1 Å². The van der Waals surface area contributed by atoms with Gasteiger partial charge in [-0.15, -0.1) is 0 Å². The SMILES string of the molecule is COc1ccc(NC(=O)C2(N3C[C@@H]4C[C@H](C3)c3cccc(=O)n3C4)CCCCC2)cc1. The predicted molar refractivity (Wildman–Crippen MR) is 121 cm³/mol. The van der Waals surface area contributed by atoms with Gasteiger partial charge in [-0.25, -0.2) is 0 Å². The summed E-state index contributed by atoms with van der Waals surface area (Å²) in [7, 11) is 1.64. The number of likely N-dealkylation sites (tertiary alicyclic amines) is 1. The van der Waals surface area contributed by atoms with E-state index < -0.39 is 5.54 Å². The number of carbonyl (C=O) groups is 1. The van der Waals surface area contributed by atoms with Crippen molar-refractivity contribution in [3.63, 3.8) is 0 Å². The number of nitrogens with zero attached hydrogens (tertiary/aromatic N) is 2. The standard InChI is InChI=1S/C25H31N3O3/c1-31-21-10-8-20(9-11-21)26-24(30)25(12-3-2-4-13-25)27-15-18-14-19(17-27)22-6-5-7-23(29)28(22)16-18/h5-11,18-19H,2-4,12-17H2,1H3,(H,26,30)/t18-,19+/m0/s1. The van der Waals surface area contributed by atoms with Gasteiger partial charge in [0.15, 0.2) is 0 Å². The highest BCUT2D eigenvalue weighted by molar-refractivity contribution is 5.98. The van der Waals surface area contributed by atoms with Gasteiger partial charge in [-0.3, -0.25) is 14.5 Å². The number of rotatable bonds is 4. The lowest BCUT2D eigenvalue weighted by molar-refractivity contribution is -0.133. The Morgan fingerprint density at radius 3 is 2.55 bits per heavy atom. The van der Waals surface area contributed by atoms with Crippen LogP contribution in [-0.2, 0) is 11.3 Å². The van der Waals surface area contributed by atoms with Gasteiger partial charge in [0.2, 0.25) is 5.91 Å². The van der Waals surface area contributed by atoms with Gasteiger partial charge < -0.3 is 14.6 Å². The van der Waals surface area contributed by atoms with Crippen LogP contribution in [0.4, 0.5) is 5.69 Å². The van der Waals surface area contributed by atoms with Crippen LogP contribution in [0.2, 0.25) is 0 Å². The summed E-state index contributed by atoms with van der Waals surface area (Å²) in [6, 6.07) is 13.2. The van der Waals surface area contributed by atoms with E-state index in [2.05, 4.69) is 16.3 Å². The summed E-state index contributed by atoms with van der Waals surface area (Å²) < 4.78 is 7.20. The molecular weight excluding hydrogens is 390 g/mol. The van der Waals surface area contributed by atoms with Crippen molar-refractivity contribution in [1.82, 2.24) is 9.47 Å². The lowest BCUT2D eigenvalue weighted by Crippen LogP contribution is -2.62. The minimum Gasteiger partial charge on any atom is -0.497 e. The zero-order chi connectivity index (χ0) is 21.4. The molecule has 6 nitrogen and oxygen atoms in total. The second-order valence-electron chi connectivity index (χ2n) is 9.38. The minimum absolute atomic E-state index is 0.102. The number of anilines is 1. The van der Waals surface area contributed by atoms with Crippen LogP contribution in [0.3, 0.4) is 0 Å². The summed E-state index contributed by atoms with van der Waals surface area (Å²) in [6.07, 6.45) is 6.26. The number of benzene rings is 1. The number of methoxy groups -OCH3 is 1. The highest BCUT2D eigenvalue weighted by Gasteiger charge is 2.48. The van der Waals surface area contributed by atoms with Gasteiger partial charge in [-0.1, -0.05) is 25.3 Å². The van der Waals surface area contributed by atoms with Crippen LogP contribution in [-0.4, -0.2) is 41.1 Å². The van der Waals surface area contributed by atoms with Gasteiger partial charge in [-0.05, 0) is 55.5 Å². The molecular formula is C25H31N3O3. The van der Waals surface area contributed by atoms with E-state index in [1.807, 2.05) is 34.9 Å². The maximum atomic E-state index is 13.7. The van der Waals surface area contributed by atoms with Crippen LogP contribution in [0.15, 0.2) is 47.3 Å². The van der Waals surface area contributed by atoms with E-state index in [-0.39, 0.29) is 11.5 Å². The number of pyridine rings is 1. The van der Waals surface area contributed by atoms with E-state index in [0.717, 1.165) is 68.9 Å². The van der Waals surface area contributed by atoms with Crippen molar-refractivity contribution in [3.8, 4) is 5.75 Å². The fourth-order valence-electron chi connectivity index (χ4n) is 5.99. The van der Waals surface area contributed by atoms with Gasteiger partial charge in [0.25, 0.3) is 5.56 Å². The third kappa shape index (κ3) is 3.67. The Kier molecular flexibility index (Phi) is 5.34. The van der Waals surface area contributed by atoms with E-state index in [4.69, 9.17) is 4.74 Å². The summed E-state index contributed by atoms with van der Waals surface area (Å²) >= 11 is 0. The van der Waals surface area contributed by atoms with Crippen molar-refractivity contribution in [2.45, 2.75) is 56.5 Å². The number of hydrogen-bond donors (Lipinski definition) is 1. The summed E-state index contributed by atoms with van der Waals surface area (Å²) in [4.78, 5) is 28.6. The lowest BCUT2D eigenvalue weighted by atomic mass is 9.75. The Morgan fingerprint density at radius 1 is 1.03 bits per heavy atom. The van der Waals surface area contributed by atoms with Gasteiger partial charge >= 0.3 is 0 Å². The first-order valence-electron chi connectivity index (χ1n) is 11.5. The highest BCUT2D eigenvalue weighted by Crippen LogP contribution is 2.42. The van der Waals surface area contributed by atoms with Gasteiger partial charge in [0.05, 0.1) is 7.11 Å². The second kappa shape index (κ2) is 8.15. The second-order valence-corrected chi connectivity index (χ2v) is 9.38. The van der Waals surface area contributed by atoms with E-state index >= 15 is 0 Å². The molecule has 31 heavy (non-hydrogen) atoms. The van der Waals surface area contributed by atoms with Gasteiger partial charge in [0, 0.05) is 43.0 Å². The molecule has 3 heterocycles. The summed E-state index contributed by atoms with van der Waals surface area (Å²) in [5, 5.41) is 3.20. The average Bonchev–Trinajstić information content (AvgIpc) is 2.80. The third-order valence-corrected chi connectivity index (χ3v) is 7.54. The molecule has 1 aromatic carbocycles. The number of fused-ring (bicyclic) bond motifs is 4. The van der Waals surface area contributed by atoms with Crippen molar-refractivity contribution < 1.29 is 9.53 Å². The number of ether oxygens (including phenoxy) is 1. The largest absolute Gasteiger partial charge is 0.497 e. The third-order valence-electron chi connectivity index (χ3n) is 7.54. The molecule has 2 atom stereocenters. The minimum atomic E-state index is -0.466. The van der Waals surface area contributed by atoms with Crippen molar-refractivity contribution in [2.24, 2.45) is 5.92 Å². The molecule has 2 aromatic rings. The number of aromatic nitrogens is 1. The van der Waals surface area contributed by atoms with Crippen molar-refractivity contribution in [2.75, 3.05) is 25.5 Å². The number of carbonyl (C=O) groups excluding carboxylic acids is 1. The first-order chi connectivity index (χ1) is 15.1. The number of amides is 1.